The number of hydrogen-bond donors (Lipinski definition) is 1. The second kappa shape index (κ2) is 7.74. The summed E-state index contributed by atoms with van der Waals surface area (Å²) in [5.74, 6) is -0.309. The average molecular weight is 389 g/mol. The number of nitrogens with one attached hydrogen (secondary N) is 1. The fourth-order valence-electron chi connectivity index (χ4n) is 2.98. The Kier molecular flexibility index (Phi) is 4.99. The Labute approximate surface area is 166 Å². The summed E-state index contributed by atoms with van der Waals surface area (Å²) in [6.07, 6.45) is 2.59. The molecule has 2 aromatic carbocycles. The van der Waals surface area contributed by atoms with Crippen molar-refractivity contribution < 1.29 is 4.79 Å². The van der Waals surface area contributed by atoms with Gasteiger partial charge in [-0.15, -0.1) is 16.4 Å². The molecule has 0 saturated heterocycles. The number of amides is 1. The minimum absolute atomic E-state index is 0.291. The molecular formula is C21H19N5OS. The highest BCUT2D eigenvalue weighted by Gasteiger charge is 2.18. The number of aromatic nitrogens is 4. The Hall–Kier alpha value is -3.32. The van der Waals surface area contributed by atoms with Crippen molar-refractivity contribution in [2.75, 3.05) is 5.32 Å². The summed E-state index contributed by atoms with van der Waals surface area (Å²) in [7, 11) is 0. The molecule has 0 aliphatic carbocycles. The van der Waals surface area contributed by atoms with Gasteiger partial charge in [-0.25, -0.2) is 9.67 Å². The Morgan fingerprint density at radius 3 is 2.71 bits per heavy atom. The highest BCUT2D eigenvalue weighted by Crippen LogP contribution is 2.22. The van der Waals surface area contributed by atoms with Gasteiger partial charge < -0.3 is 0 Å². The number of nitrogens with zero attached hydrogens (tertiary/aromatic N) is 4. The Morgan fingerprint density at radius 1 is 1.11 bits per heavy atom. The lowest BCUT2D eigenvalue weighted by molar-refractivity contribution is 0.102. The standard InChI is InChI=1S/C21H19N5OS/c1-14-7-6-8-16(11-14)12-18-13-22-21(28-18)23-20(27)19-15(2)26(25-24-19)17-9-4-3-5-10-17/h3-11,13H,12H2,1-2H3,(H,22,23,27). The zero-order valence-electron chi connectivity index (χ0n) is 15.6. The number of aryl methyl sites for hydroxylation is 1. The summed E-state index contributed by atoms with van der Waals surface area (Å²) in [5.41, 5.74) is 4.29. The Morgan fingerprint density at radius 2 is 1.93 bits per heavy atom. The fourth-order valence-corrected chi connectivity index (χ4v) is 3.82. The number of benzene rings is 2. The summed E-state index contributed by atoms with van der Waals surface area (Å²) in [6, 6.07) is 18.0. The van der Waals surface area contributed by atoms with Crippen LogP contribution in [0.5, 0.6) is 0 Å². The van der Waals surface area contributed by atoms with Crippen molar-refractivity contribution in [1.29, 1.82) is 0 Å². The first-order valence-electron chi connectivity index (χ1n) is 8.89. The monoisotopic (exact) mass is 389 g/mol. The van der Waals surface area contributed by atoms with Crippen molar-refractivity contribution in [3.8, 4) is 5.69 Å². The maximum Gasteiger partial charge on any atom is 0.279 e. The zero-order valence-corrected chi connectivity index (χ0v) is 16.4. The van der Waals surface area contributed by atoms with Crippen LogP contribution >= 0.6 is 11.3 Å². The van der Waals surface area contributed by atoms with Crippen LogP contribution in [-0.4, -0.2) is 25.9 Å². The maximum absolute atomic E-state index is 12.6. The lowest BCUT2D eigenvalue weighted by Crippen LogP contribution is -2.14. The van der Waals surface area contributed by atoms with E-state index in [1.807, 2.05) is 43.3 Å². The van der Waals surface area contributed by atoms with Crippen LogP contribution in [0.2, 0.25) is 0 Å². The second-order valence-electron chi connectivity index (χ2n) is 6.52. The molecule has 0 radical (unpaired) electrons. The van der Waals surface area contributed by atoms with Gasteiger partial charge in [0.25, 0.3) is 5.91 Å². The van der Waals surface area contributed by atoms with Crippen molar-refractivity contribution in [3.05, 3.63) is 88.2 Å². The summed E-state index contributed by atoms with van der Waals surface area (Å²) >= 11 is 1.47. The van der Waals surface area contributed by atoms with E-state index in [1.165, 1.54) is 22.5 Å². The van der Waals surface area contributed by atoms with Crippen molar-refractivity contribution in [1.82, 2.24) is 20.0 Å². The van der Waals surface area contributed by atoms with E-state index in [-0.39, 0.29) is 5.91 Å². The molecule has 140 valence electrons. The molecule has 0 aliphatic heterocycles. The molecule has 2 heterocycles. The number of carbonyl (C=O) groups is 1. The van der Waals surface area contributed by atoms with Crippen LogP contribution in [0, 0.1) is 13.8 Å². The number of hydrogen-bond acceptors (Lipinski definition) is 5. The largest absolute Gasteiger partial charge is 0.296 e. The van der Waals surface area contributed by atoms with E-state index in [0.717, 1.165) is 17.0 Å². The molecule has 0 spiro atoms. The van der Waals surface area contributed by atoms with E-state index in [4.69, 9.17) is 0 Å². The van der Waals surface area contributed by atoms with Crippen LogP contribution in [0.4, 0.5) is 5.13 Å². The van der Waals surface area contributed by atoms with Gasteiger partial charge in [0.1, 0.15) is 0 Å². The van der Waals surface area contributed by atoms with Gasteiger partial charge in [-0.2, -0.15) is 0 Å². The molecule has 4 rings (SSSR count). The number of carbonyl (C=O) groups excluding carboxylic acids is 1. The van der Waals surface area contributed by atoms with Gasteiger partial charge >= 0.3 is 0 Å². The predicted molar refractivity (Wildman–Crippen MR) is 110 cm³/mol. The minimum Gasteiger partial charge on any atom is -0.296 e. The van der Waals surface area contributed by atoms with Gasteiger partial charge in [0.2, 0.25) is 0 Å². The molecule has 28 heavy (non-hydrogen) atoms. The third-order valence-electron chi connectivity index (χ3n) is 4.35. The van der Waals surface area contributed by atoms with Gasteiger partial charge in [0, 0.05) is 17.5 Å². The smallest absolute Gasteiger partial charge is 0.279 e. The van der Waals surface area contributed by atoms with Crippen LogP contribution in [0.3, 0.4) is 0 Å². The minimum atomic E-state index is -0.309. The molecule has 6 nitrogen and oxygen atoms in total. The predicted octanol–water partition coefficient (Wildman–Crippen LogP) is 4.18. The molecule has 0 fully saturated rings. The van der Waals surface area contributed by atoms with Crippen LogP contribution in [0.1, 0.15) is 32.2 Å². The van der Waals surface area contributed by atoms with E-state index in [2.05, 4.69) is 45.7 Å². The molecule has 0 saturated carbocycles. The van der Waals surface area contributed by atoms with Gasteiger partial charge in [-0.1, -0.05) is 53.2 Å². The van der Waals surface area contributed by atoms with Crippen LogP contribution in [-0.2, 0) is 6.42 Å². The average Bonchev–Trinajstić information content (AvgIpc) is 3.29. The summed E-state index contributed by atoms with van der Waals surface area (Å²) in [6.45, 7) is 3.90. The Balaban J connectivity index is 1.47. The third kappa shape index (κ3) is 3.84. The SMILES string of the molecule is Cc1cccc(Cc2cnc(NC(=O)c3nnn(-c4ccccc4)c3C)s2)c1. The van der Waals surface area contributed by atoms with E-state index in [9.17, 15) is 4.79 Å². The van der Waals surface area contributed by atoms with Crippen molar-refractivity contribution in [2.24, 2.45) is 0 Å². The number of para-hydroxylation sites is 1. The molecule has 0 atom stereocenters. The normalized spacial score (nSPS) is 10.8. The summed E-state index contributed by atoms with van der Waals surface area (Å²) in [4.78, 5) is 18.0. The highest BCUT2D eigenvalue weighted by molar-refractivity contribution is 7.15. The van der Waals surface area contributed by atoms with E-state index in [0.29, 0.717) is 16.5 Å². The molecule has 0 bridgehead atoms. The number of rotatable bonds is 5. The molecular weight excluding hydrogens is 370 g/mol. The topological polar surface area (TPSA) is 72.7 Å². The van der Waals surface area contributed by atoms with Crippen LogP contribution in [0.15, 0.2) is 60.8 Å². The maximum atomic E-state index is 12.6. The molecule has 0 unspecified atom stereocenters. The first-order valence-corrected chi connectivity index (χ1v) is 9.71. The fraction of sp³-hybridized carbons (Fsp3) is 0.143. The number of anilines is 1. The van der Waals surface area contributed by atoms with Crippen molar-refractivity contribution in [2.45, 2.75) is 20.3 Å². The lowest BCUT2D eigenvalue weighted by atomic mass is 10.1. The number of thiazole rings is 1. The molecule has 2 aromatic heterocycles. The van der Waals surface area contributed by atoms with Gasteiger partial charge in [0.05, 0.1) is 11.4 Å². The third-order valence-corrected chi connectivity index (χ3v) is 5.26. The van der Waals surface area contributed by atoms with E-state index >= 15 is 0 Å². The van der Waals surface area contributed by atoms with E-state index in [1.54, 1.807) is 10.9 Å². The lowest BCUT2D eigenvalue weighted by Gasteiger charge is -2.03. The Bertz CT molecular complexity index is 1120. The van der Waals surface area contributed by atoms with Gasteiger partial charge in [0.15, 0.2) is 10.8 Å². The molecule has 0 aliphatic rings. The summed E-state index contributed by atoms with van der Waals surface area (Å²) < 4.78 is 1.65. The van der Waals surface area contributed by atoms with Gasteiger partial charge in [-0.05, 0) is 31.5 Å². The van der Waals surface area contributed by atoms with Gasteiger partial charge in [-0.3, -0.25) is 10.1 Å². The highest BCUT2D eigenvalue weighted by atomic mass is 32.1. The summed E-state index contributed by atoms with van der Waals surface area (Å²) in [5, 5.41) is 11.5. The molecule has 1 N–H and O–H groups in total. The van der Waals surface area contributed by atoms with E-state index < -0.39 is 0 Å². The molecule has 1 amide bonds. The molecule has 4 aromatic rings. The van der Waals surface area contributed by atoms with Crippen LogP contribution in [0.25, 0.3) is 5.69 Å². The quantitative estimate of drug-likeness (QED) is 0.556. The first-order chi connectivity index (χ1) is 13.6. The zero-order chi connectivity index (χ0) is 19.5. The van der Waals surface area contributed by atoms with Crippen molar-refractivity contribution in [3.63, 3.8) is 0 Å². The first kappa shape index (κ1) is 18.1. The second-order valence-corrected chi connectivity index (χ2v) is 7.64. The molecule has 7 heteroatoms. The van der Waals surface area contributed by atoms with Crippen molar-refractivity contribution >= 4 is 22.4 Å². The van der Waals surface area contributed by atoms with Crippen LogP contribution < -0.4 is 5.32 Å².